The predicted octanol–water partition coefficient (Wildman–Crippen LogP) is 2.15. The van der Waals surface area contributed by atoms with Gasteiger partial charge in [-0.25, -0.2) is 9.48 Å². The molecule has 1 aromatic heterocycles. The number of nitrogens with one attached hydrogen (secondary N) is 1. The summed E-state index contributed by atoms with van der Waals surface area (Å²) in [4.78, 5) is 12.1. The first-order valence-electron chi connectivity index (χ1n) is 6.90. The maximum absolute atomic E-state index is 12.1. The second kappa shape index (κ2) is 5.71. The number of hydrogen-bond donors (Lipinski definition) is 1. The van der Waals surface area contributed by atoms with E-state index in [9.17, 15) is 4.79 Å². The number of aromatic nitrogens is 3. The van der Waals surface area contributed by atoms with E-state index in [0.29, 0.717) is 18.1 Å². The van der Waals surface area contributed by atoms with Crippen LogP contribution in [0.4, 0.5) is 5.69 Å². The van der Waals surface area contributed by atoms with E-state index in [-0.39, 0.29) is 5.69 Å². The number of fused-ring (bicyclic) bond motifs is 1. The van der Waals surface area contributed by atoms with Gasteiger partial charge in [-0.2, -0.15) is 5.10 Å². The molecule has 0 spiro atoms. The number of anilines is 1. The summed E-state index contributed by atoms with van der Waals surface area (Å²) in [5.74, 6) is 0.924. The SMILES string of the molecule is O=c1n(CCNc2ccc(Cl)cc2)nc2n1CCCC2. The van der Waals surface area contributed by atoms with Crippen LogP contribution in [0.1, 0.15) is 18.7 Å². The predicted molar refractivity (Wildman–Crippen MR) is 79.4 cm³/mol. The zero-order valence-corrected chi connectivity index (χ0v) is 11.9. The molecule has 0 atom stereocenters. The highest BCUT2D eigenvalue weighted by molar-refractivity contribution is 6.30. The lowest BCUT2D eigenvalue weighted by Gasteiger charge is -2.09. The van der Waals surface area contributed by atoms with Gasteiger partial charge in [0, 0.05) is 30.2 Å². The van der Waals surface area contributed by atoms with Crippen LogP contribution >= 0.6 is 11.6 Å². The van der Waals surface area contributed by atoms with Gasteiger partial charge in [-0.05, 0) is 37.1 Å². The van der Waals surface area contributed by atoms with Gasteiger partial charge in [0.05, 0.1) is 6.54 Å². The third-order valence-electron chi connectivity index (χ3n) is 3.53. The minimum absolute atomic E-state index is 0.0117. The van der Waals surface area contributed by atoms with Gasteiger partial charge in [0.25, 0.3) is 0 Å². The highest BCUT2D eigenvalue weighted by Crippen LogP contribution is 2.13. The van der Waals surface area contributed by atoms with Gasteiger partial charge in [-0.15, -0.1) is 0 Å². The summed E-state index contributed by atoms with van der Waals surface area (Å²) < 4.78 is 3.36. The number of hydrogen-bond acceptors (Lipinski definition) is 3. The maximum atomic E-state index is 12.1. The second-order valence-corrected chi connectivity index (χ2v) is 5.40. The van der Waals surface area contributed by atoms with Crippen molar-refractivity contribution in [1.82, 2.24) is 14.3 Å². The quantitative estimate of drug-likeness (QED) is 0.939. The molecule has 2 heterocycles. The fourth-order valence-electron chi connectivity index (χ4n) is 2.47. The lowest BCUT2D eigenvalue weighted by Crippen LogP contribution is -2.28. The van der Waals surface area contributed by atoms with Crippen molar-refractivity contribution in [2.45, 2.75) is 32.4 Å². The number of aryl methyl sites for hydroxylation is 1. The molecular weight excluding hydrogens is 276 g/mol. The summed E-state index contributed by atoms with van der Waals surface area (Å²) in [6.45, 7) is 2.04. The van der Waals surface area contributed by atoms with Crippen LogP contribution in [0.3, 0.4) is 0 Å². The van der Waals surface area contributed by atoms with Crippen molar-refractivity contribution in [3.63, 3.8) is 0 Å². The van der Waals surface area contributed by atoms with Crippen molar-refractivity contribution < 1.29 is 0 Å². The molecule has 1 N–H and O–H groups in total. The van der Waals surface area contributed by atoms with Crippen LogP contribution in [-0.4, -0.2) is 20.9 Å². The molecule has 3 rings (SSSR count). The standard InChI is InChI=1S/C14H17ClN4O/c15-11-4-6-12(7-5-11)16-8-10-19-14(20)18-9-2-1-3-13(18)17-19/h4-7,16H,1-3,8-10H2. The zero-order chi connectivity index (χ0) is 13.9. The fourth-order valence-corrected chi connectivity index (χ4v) is 2.59. The Balaban J connectivity index is 1.63. The first-order chi connectivity index (χ1) is 9.74. The van der Waals surface area contributed by atoms with Gasteiger partial charge < -0.3 is 5.32 Å². The third kappa shape index (κ3) is 2.72. The summed E-state index contributed by atoms with van der Waals surface area (Å²) in [5.41, 5.74) is 1.00. The van der Waals surface area contributed by atoms with Gasteiger partial charge in [0.15, 0.2) is 0 Å². The Morgan fingerprint density at radius 1 is 1.25 bits per heavy atom. The van der Waals surface area contributed by atoms with E-state index in [2.05, 4.69) is 10.4 Å². The largest absolute Gasteiger partial charge is 0.383 e. The van der Waals surface area contributed by atoms with Gasteiger partial charge in [-0.1, -0.05) is 11.6 Å². The minimum atomic E-state index is 0.0117. The van der Waals surface area contributed by atoms with Crippen LogP contribution in [-0.2, 0) is 19.5 Å². The van der Waals surface area contributed by atoms with E-state index < -0.39 is 0 Å². The van der Waals surface area contributed by atoms with Crippen molar-refractivity contribution in [3.05, 3.63) is 45.6 Å². The fraction of sp³-hybridized carbons (Fsp3) is 0.429. The normalized spacial score (nSPS) is 14.1. The average Bonchev–Trinajstić information content (AvgIpc) is 2.78. The Morgan fingerprint density at radius 2 is 2.05 bits per heavy atom. The number of rotatable bonds is 4. The molecule has 0 bridgehead atoms. The summed E-state index contributed by atoms with van der Waals surface area (Å²) in [5, 5.41) is 8.38. The van der Waals surface area contributed by atoms with Crippen molar-refractivity contribution >= 4 is 17.3 Å². The molecule has 106 valence electrons. The second-order valence-electron chi connectivity index (χ2n) is 4.96. The van der Waals surface area contributed by atoms with Crippen LogP contribution in [0.2, 0.25) is 5.02 Å². The number of nitrogens with zero attached hydrogens (tertiary/aromatic N) is 3. The van der Waals surface area contributed by atoms with E-state index in [1.165, 1.54) is 0 Å². The van der Waals surface area contributed by atoms with E-state index in [1.807, 2.05) is 24.3 Å². The third-order valence-corrected chi connectivity index (χ3v) is 3.78. The lowest BCUT2D eigenvalue weighted by atomic mass is 10.2. The molecule has 1 aliphatic rings. The smallest absolute Gasteiger partial charge is 0.345 e. The van der Waals surface area contributed by atoms with Crippen LogP contribution < -0.4 is 11.0 Å². The van der Waals surface area contributed by atoms with Gasteiger partial charge in [-0.3, -0.25) is 4.57 Å². The molecule has 0 saturated heterocycles. The van der Waals surface area contributed by atoms with Gasteiger partial charge >= 0.3 is 5.69 Å². The molecule has 1 aliphatic heterocycles. The van der Waals surface area contributed by atoms with Crippen LogP contribution in [0, 0.1) is 0 Å². The van der Waals surface area contributed by atoms with Crippen LogP contribution in [0.25, 0.3) is 0 Å². The van der Waals surface area contributed by atoms with Crippen LogP contribution in [0.5, 0.6) is 0 Å². The Kier molecular flexibility index (Phi) is 3.78. The van der Waals surface area contributed by atoms with Crippen molar-refractivity contribution in [2.24, 2.45) is 0 Å². The average molecular weight is 293 g/mol. The Morgan fingerprint density at radius 3 is 2.80 bits per heavy atom. The molecule has 5 nitrogen and oxygen atoms in total. The minimum Gasteiger partial charge on any atom is -0.383 e. The van der Waals surface area contributed by atoms with E-state index in [0.717, 1.165) is 37.3 Å². The topological polar surface area (TPSA) is 51.9 Å². The number of halogens is 1. The maximum Gasteiger partial charge on any atom is 0.345 e. The van der Waals surface area contributed by atoms with Crippen molar-refractivity contribution in [3.8, 4) is 0 Å². The number of benzene rings is 1. The van der Waals surface area contributed by atoms with Crippen molar-refractivity contribution in [1.29, 1.82) is 0 Å². The van der Waals surface area contributed by atoms with E-state index >= 15 is 0 Å². The molecule has 20 heavy (non-hydrogen) atoms. The molecule has 1 aromatic carbocycles. The first kappa shape index (κ1) is 13.2. The molecule has 0 amide bonds. The van der Waals surface area contributed by atoms with Crippen LogP contribution in [0.15, 0.2) is 29.1 Å². The zero-order valence-electron chi connectivity index (χ0n) is 11.2. The molecule has 0 unspecified atom stereocenters. The Labute approximate surface area is 122 Å². The molecular formula is C14H17ClN4O. The summed E-state index contributed by atoms with van der Waals surface area (Å²) in [6, 6.07) is 7.52. The van der Waals surface area contributed by atoms with Crippen molar-refractivity contribution in [2.75, 3.05) is 11.9 Å². The molecule has 6 heteroatoms. The Bertz CT molecular complexity index is 644. The van der Waals surface area contributed by atoms with E-state index in [1.54, 1.807) is 9.25 Å². The summed E-state index contributed by atoms with van der Waals surface area (Å²) in [7, 11) is 0. The molecule has 0 saturated carbocycles. The summed E-state index contributed by atoms with van der Waals surface area (Å²) in [6.07, 6.45) is 3.11. The van der Waals surface area contributed by atoms with E-state index in [4.69, 9.17) is 11.6 Å². The highest BCUT2D eigenvalue weighted by Gasteiger charge is 2.15. The molecule has 0 aliphatic carbocycles. The molecule has 0 radical (unpaired) electrons. The summed E-state index contributed by atoms with van der Waals surface area (Å²) >= 11 is 5.83. The first-order valence-corrected chi connectivity index (χ1v) is 7.28. The van der Waals surface area contributed by atoms with Gasteiger partial charge in [0.1, 0.15) is 5.82 Å². The molecule has 0 fully saturated rings. The molecule has 2 aromatic rings. The Hall–Kier alpha value is -1.75. The highest BCUT2D eigenvalue weighted by atomic mass is 35.5. The van der Waals surface area contributed by atoms with Gasteiger partial charge in [0.2, 0.25) is 0 Å². The lowest BCUT2D eigenvalue weighted by molar-refractivity contribution is 0.511. The monoisotopic (exact) mass is 292 g/mol.